The van der Waals surface area contributed by atoms with Gasteiger partial charge in [-0.2, -0.15) is 8.42 Å². The molecule has 0 spiro atoms. The molecule has 0 saturated heterocycles. The van der Waals surface area contributed by atoms with Crippen LogP contribution in [-0.2, 0) is 10.1 Å². The van der Waals surface area contributed by atoms with E-state index < -0.39 is 10.1 Å². The molecule has 1 aliphatic rings. The van der Waals surface area contributed by atoms with Crippen LogP contribution in [0, 0.1) is 0 Å². The predicted octanol–water partition coefficient (Wildman–Crippen LogP) is 4.10. The monoisotopic (exact) mass is 498 g/mol. The third-order valence-electron chi connectivity index (χ3n) is 5.18. The molecule has 4 rings (SSSR count). The van der Waals surface area contributed by atoms with Crippen molar-refractivity contribution >= 4 is 22.0 Å². The number of benzene rings is 3. The van der Waals surface area contributed by atoms with Crippen LogP contribution >= 0.6 is 0 Å². The van der Waals surface area contributed by atoms with Crippen LogP contribution in [0.2, 0.25) is 0 Å². The quantitative estimate of drug-likeness (QED) is 0.335. The van der Waals surface area contributed by atoms with Gasteiger partial charge in [0.05, 0.1) is 34.0 Å². The second kappa shape index (κ2) is 9.59. The number of ketones is 1. The molecule has 0 fully saturated rings. The molecular formula is C25H22O9S. The third kappa shape index (κ3) is 4.73. The second-order valence-electron chi connectivity index (χ2n) is 7.27. The molecule has 0 unspecified atom stereocenters. The Hall–Kier alpha value is -4.18. The van der Waals surface area contributed by atoms with Crippen molar-refractivity contribution in [1.29, 1.82) is 0 Å². The third-order valence-corrected chi connectivity index (χ3v) is 6.44. The molecule has 0 aliphatic carbocycles. The number of allylic oxidation sites excluding steroid dienone is 1. The van der Waals surface area contributed by atoms with Crippen molar-refractivity contribution in [3.8, 4) is 34.5 Å². The summed E-state index contributed by atoms with van der Waals surface area (Å²) in [7, 11) is 1.85. The summed E-state index contributed by atoms with van der Waals surface area (Å²) in [6.07, 6.45) is 1.53. The Morgan fingerprint density at radius 1 is 0.771 bits per heavy atom. The van der Waals surface area contributed by atoms with Crippen molar-refractivity contribution < 1.29 is 41.1 Å². The summed E-state index contributed by atoms with van der Waals surface area (Å²) in [5.41, 5.74) is 0.854. The van der Waals surface area contributed by atoms with Crippen LogP contribution in [0.1, 0.15) is 15.9 Å². The van der Waals surface area contributed by atoms with Crippen LogP contribution in [0.3, 0.4) is 0 Å². The van der Waals surface area contributed by atoms with Crippen LogP contribution in [0.4, 0.5) is 0 Å². The molecule has 0 aromatic heterocycles. The van der Waals surface area contributed by atoms with Gasteiger partial charge in [0, 0.05) is 6.07 Å². The maximum absolute atomic E-state index is 12.9. The number of rotatable bonds is 8. The molecule has 1 heterocycles. The highest BCUT2D eigenvalue weighted by Gasteiger charge is 2.29. The van der Waals surface area contributed by atoms with Crippen LogP contribution in [0.25, 0.3) is 6.08 Å². The van der Waals surface area contributed by atoms with Gasteiger partial charge >= 0.3 is 10.1 Å². The SMILES string of the molecule is COc1ccc(S(=O)(=O)Oc2ccc3c(c2)OC(=Cc2cc(OC)c(OC)c(OC)c2)C3=O)cc1. The number of Topliss-reactive ketones (excluding diaryl/α,β-unsaturated/α-hetero) is 1. The standard InChI is InChI=1S/C25H22O9S/c1-29-16-5-8-18(9-6-16)35(27,28)34-17-7-10-19-20(14-17)33-21(24(19)26)11-15-12-22(30-2)25(32-4)23(13-15)31-3/h5-14H,1-4H3. The van der Waals surface area contributed by atoms with E-state index in [2.05, 4.69) is 0 Å². The Morgan fingerprint density at radius 2 is 1.40 bits per heavy atom. The van der Waals surface area contributed by atoms with Crippen molar-refractivity contribution in [1.82, 2.24) is 0 Å². The van der Waals surface area contributed by atoms with Gasteiger partial charge in [-0.05, 0) is 60.2 Å². The lowest BCUT2D eigenvalue weighted by molar-refractivity contribution is 0.101. The smallest absolute Gasteiger partial charge is 0.339 e. The van der Waals surface area contributed by atoms with Gasteiger partial charge in [-0.1, -0.05) is 0 Å². The van der Waals surface area contributed by atoms with E-state index in [1.807, 2.05) is 0 Å². The minimum atomic E-state index is -4.10. The summed E-state index contributed by atoms with van der Waals surface area (Å²) in [6.45, 7) is 0. The Labute approximate surface area is 202 Å². The van der Waals surface area contributed by atoms with Gasteiger partial charge in [-0.25, -0.2) is 0 Å². The van der Waals surface area contributed by atoms with Gasteiger partial charge in [-0.15, -0.1) is 0 Å². The summed E-state index contributed by atoms with van der Waals surface area (Å²) in [5, 5.41) is 0. The topological polar surface area (TPSA) is 107 Å². The average molecular weight is 499 g/mol. The molecular weight excluding hydrogens is 476 g/mol. The van der Waals surface area contributed by atoms with Crippen LogP contribution in [0.15, 0.2) is 65.3 Å². The highest BCUT2D eigenvalue weighted by atomic mass is 32.2. The first-order chi connectivity index (χ1) is 16.8. The minimum absolute atomic E-state index is 0.00130. The Bertz CT molecular complexity index is 1380. The summed E-state index contributed by atoms with van der Waals surface area (Å²) in [4.78, 5) is 12.8. The zero-order chi connectivity index (χ0) is 25.2. The van der Waals surface area contributed by atoms with E-state index in [4.69, 9.17) is 27.9 Å². The first-order valence-corrected chi connectivity index (χ1v) is 11.7. The van der Waals surface area contributed by atoms with E-state index >= 15 is 0 Å². The van der Waals surface area contributed by atoms with Crippen molar-refractivity contribution in [2.24, 2.45) is 0 Å². The first-order valence-electron chi connectivity index (χ1n) is 10.3. The maximum atomic E-state index is 12.9. The summed E-state index contributed by atoms with van der Waals surface area (Å²) in [5.74, 6) is 1.63. The number of carbonyl (C=O) groups is 1. The van der Waals surface area contributed by atoms with Crippen LogP contribution in [-0.4, -0.2) is 42.6 Å². The molecule has 35 heavy (non-hydrogen) atoms. The van der Waals surface area contributed by atoms with Gasteiger partial charge < -0.3 is 27.9 Å². The number of carbonyl (C=O) groups excluding carboxylic acids is 1. The Kier molecular flexibility index (Phi) is 6.57. The van der Waals surface area contributed by atoms with Gasteiger partial charge in [0.1, 0.15) is 22.1 Å². The number of fused-ring (bicyclic) bond motifs is 1. The molecule has 0 N–H and O–H groups in total. The van der Waals surface area contributed by atoms with Crippen molar-refractivity contribution in [2.75, 3.05) is 28.4 Å². The van der Waals surface area contributed by atoms with E-state index in [1.54, 1.807) is 12.1 Å². The van der Waals surface area contributed by atoms with Gasteiger partial charge in [0.2, 0.25) is 11.5 Å². The number of methoxy groups -OCH3 is 4. The lowest BCUT2D eigenvalue weighted by Gasteiger charge is -2.13. The highest BCUT2D eigenvalue weighted by molar-refractivity contribution is 7.87. The fourth-order valence-corrected chi connectivity index (χ4v) is 4.40. The highest BCUT2D eigenvalue weighted by Crippen LogP contribution is 2.40. The fourth-order valence-electron chi connectivity index (χ4n) is 3.47. The Morgan fingerprint density at radius 3 is 1.97 bits per heavy atom. The number of hydrogen-bond acceptors (Lipinski definition) is 9. The van der Waals surface area contributed by atoms with Crippen LogP contribution < -0.4 is 27.9 Å². The minimum Gasteiger partial charge on any atom is -0.497 e. The van der Waals surface area contributed by atoms with Gasteiger partial charge in [-0.3, -0.25) is 4.79 Å². The van der Waals surface area contributed by atoms with Gasteiger partial charge in [0.15, 0.2) is 17.3 Å². The first kappa shape index (κ1) is 24.0. The van der Waals surface area contributed by atoms with E-state index in [9.17, 15) is 13.2 Å². The molecule has 10 heteroatoms. The van der Waals surface area contributed by atoms with Crippen LogP contribution in [0.5, 0.6) is 34.5 Å². The number of ether oxygens (including phenoxy) is 5. The summed E-state index contributed by atoms with van der Waals surface area (Å²) in [6, 6.07) is 13.3. The lowest BCUT2D eigenvalue weighted by Crippen LogP contribution is -2.09. The van der Waals surface area contributed by atoms with Crippen molar-refractivity contribution in [2.45, 2.75) is 4.90 Å². The van der Waals surface area contributed by atoms with Crippen molar-refractivity contribution in [3.05, 3.63) is 71.5 Å². The molecule has 0 atom stereocenters. The molecule has 0 saturated carbocycles. The molecule has 3 aromatic carbocycles. The second-order valence-corrected chi connectivity index (χ2v) is 8.82. The van der Waals surface area contributed by atoms with E-state index in [-0.39, 0.29) is 33.5 Å². The maximum Gasteiger partial charge on any atom is 0.339 e. The summed E-state index contributed by atoms with van der Waals surface area (Å²) < 4.78 is 57.3. The normalized spacial score (nSPS) is 13.7. The number of hydrogen-bond donors (Lipinski definition) is 0. The molecule has 0 amide bonds. The molecule has 3 aromatic rings. The predicted molar refractivity (Wildman–Crippen MR) is 126 cm³/mol. The molecule has 1 aliphatic heterocycles. The summed E-state index contributed by atoms with van der Waals surface area (Å²) >= 11 is 0. The molecule has 0 bridgehead atoms. The van der Waals surface area contributed by atoms with E-state index in [0.717, 1.165) is 0 Å². The average Bonchev–Trinajstić information content (AvgIpc) is 3.17. The molecule has 0 radical (unpaired) electrons. The zero-order valence-electron chi connectivity index (χ0n) is 19.4. The lowest BCUT2D eigenvalue weighted by atomic mass is 10.1. The molecule has 9 nitrogen and oxygen atoms in total. The van der Waals surface area contributed by atoms with E-state index in [1.165, 1.54) is 77.0 Å². The van der Waals surface area contributed by atoms with E-state index in [0.29, 0.717) is 28.6 Å². The largest absolute Gasteiger partial charge is 0.497 e. The molecule has 182 valence electrons. The van der Waals surface area contributed by atoms with Gasteiger partial charge in [0.25, 0.3) is 0 Å². The fraction of sp³-hybridized carbons (Fsp3) is 0.160. The van der Waals surface area contributed by atoms with Crippen molar-refractivity contribution in [3.63, 3.8) is 0 Å². The Balaban J connectivity index is 1.60. The zero-order valence-corrected chi connectivity index (χ0v) is 20.2.